The second-order valence-electron chi connectivity index (χ2n) is 4.63. The molecule has 0 aliphatic carbocycles. The molecular weight excluding hydrogens is 251 g/mol. The number of carbonyl (C=O) groups excluding carboxylic acids is 1. The van der Waals surface area contributed by atoms with Gasteiger partial charge in [0.15, 0.2) is 0 Å². The van der Waals surface area contributed by atoms with Crippen molar-refractivity contribution in [2.75, 3.05) is 39.1 Å². The van der Waals surface area contributed by atoms with Crippen LogP contribution in [0, 0.1) is 5.82 Å². The van der Waals surface area contributed by atoms with E-state index in [-0.39, 0.29) is 24.0 Å². The lowest BCUT2D eigenvalue weighted by molar-refractivity contribution is -0.0528. The fourth-order valence-corrected chi connectivity index (χ4v) is 1.95. The zero-order valence-corrected chi connectivity index (χ0v) is 10.8. The van der Waals surface area contributed by atoms with Crippen LogP contribution >= 0.6 is 0 Å². The first-order chi connectivity index (χ1) is 9.04. The molecule has 1 saturated heterocycles. The second kappa shape index (κ2) is 5.99. The lowest BCUT2D eigenvalue weighted by Gasteiger charge is -2.29. The fourth-order valence-electron chi connectivity index (χ4n) is 1.95. The molecule has 1 aromatic rings. The number of morpholine rings is 1. The molecule has 1 fully saturated rings. The summed E-state index contributed by atoms with van der Waals surface area (Å²) >= 11 is 0. The van der Waals surface area contributed by atoms with Crippen LogP contribution in [0.4, 0.5) is 10.1 Å². The highest BCUT2D eigenvalue weighted by molar-refractivity contribution is 5.90. The number of likely N-dealkylation sites (N-methyl/N-ethyl adjacent to an activating group) is 1. The number of rotatable bonds is 3. The largest absolute Gasteiger partial charge is 0.459 e. The van der Waals surface area contributed by atoms with Crippen molar-refractivity contribution in [3.8, 4) is 0 Å². The lowest BCUT2D eigenvalue weighted by Crippen LogP contribution is -2.42. The molecule has 104 valence electrons. The highest BCUT2D eigenvalue weighted by Gasteiger charge is 2.20. The average Bonchev–Trinajstić information content (AvgIpc) is 2.35. The van der Waals surface area contributed by atoms with Crippen molar-refractivity contribution < 1.29 is 18.7 Å². The predicted octanol–water partition coefficient (Wildman–Crippen LogP) is 0.895. The SMILES string of the molecule is CN1CCOC(COC(=O)c2cc(N)cc(F)c2)C1. The number of nitrogens with zero attached hydrogens (tertiary/aromatic N) is 1. The Hall–Kier alpha value is -1.66. The third-order valence-corrected chi connectivity index (χ3v) is 2.90. The first kappa shape index (κ1) is 13.8. The number of hydrogen-bond donors (Lipinski definition) is 1. The van der Waals surface area contributed by atoms with E-state index in [9.17, 15) is 9.18 Å². The van der Waals surface area contributed by atoms with E-state index in [1.165, 1.54) is 6.07 Å². The van der Waals surface area contributed by atoms with Crippen LogP contribution in [-0.2, 0) is 9.47 Å². The summed E-state index contributed by atoms with van der Waals surface area (Å²) in [5, 5.41) is 0. The van der Waals surface area contributed by atoms with Gasteiger partial charge in [-0.25, -0.2) is 9.18 Å². The Morgan fingerprint density at radius 3 is 3.05 bits per heavy atom. The van der Waals surface area contributed by atoms with Gasteiger partial charge < -0.3 is 20.1 Å². The van der Waals surface area contributed by atoms with Gasteiger partial charge in [-0.3, -0.25) is 0 Å². The van der Waals surface area contributed by atoms with Crippen LogP contribution in [0.5, 0.6) is 0 Å². The van der Waals surface area contributed by atoms with Gasteiger partial charge >= 0.3 is 5.97 Å². The van der Waals surface area contributed by atoms with Gasteiger partial charge in [-0.2, -0.15) is 0 Å². The van der Waals surface area contributed by atoms with E-state index in [4.69, 9.17) is 15.2 Å². The molecule has 6 heteroatoms. The van der Waals surface area contributed by atoms with Crippen molar-refractivity contribution in [2.24, 2.45) is 0 Å². The Kier molecular flexibility index (Phi) is 4.34. The third kappa shape index (κ3) is 3.90. The van der Waals surface area contributed by atoms with Crippen LogP contribution in [0.25, 0.3) is 0 Å². The molecule has 1 atom stereocenters. The molecule has 1 heterocycles. The fraction of sp³-hybridized carbons (Fsp3) is 0.462. The zero-order chi connectivity index (χ0) is 13.8. The number of nitrogen functional groups attached to an aromatic ring is 1. The summed E-state index contributed by atoms with van der Waals surface area (Å²) in [6.45, 7) is 2.34. The van der Waals surface area contributed by atoms with Crippen molar-refractivity contribution in [1.82, 2.24) is 4.90 Å². The molecule has 1 aromatic carbocycles. The third-order valence-electron chi connectivity index (χ3n) is 2.90. The number of carbonyl (C=O) groups is 1. The molecule has 0 spiro atoms. The van der Waals surface area contributed by atoms with Gasteiger partial charge in [0.1, 0.15) is 18.5 Å². The summed E-state index contributed by atoms with van der Waals surface area (Å²) in [7, 11) is 1.98. The molecule has 0 bridgehead atoms. The van der Waals surface area contributed by atoms with Crippen LogP contribution in [0.2, 0.25) is 0 Å². The number of ether oxygens (including phenoxy) is 2. The standard InChI is InChI=1S/C13H17FN2O3/c1-16-2-3-18-12(7-16)8-19-13(17)9-4-10(14)6-11(15)5-9/h4-6,12H,2-3,7-8,15H2,1H3. The van der Waals surface area contributed by atoms with E-state index in [1.807, 2.05) is 7.05 Å². The molecule has 0 radical (unpaired) electrons. The van der Waals surface area contributed by atoms with Gasteiger partial charge in [0.2, 0.25) is 0 Å². The minimum atomic E-state index is -0.594. The first-order valence-corrected chi connectivity index (χ1v) is 6.08. The molecule has 5 nitrogen and oxygen atoms in total. The smallest absolute Gasteiger partial charge is 0.338 e. The summed E-state index contributed by atoms with van der Waals surface area (Å²) in [5.74, 6) is -1.15. The van der Waals surface area contributed by atoms with Gasteiger partial charge in [0.25, 0.3) is 0 Å². The van der Waals surface area contributed by atoms with Gasteiger partial charge in [-0.15, -0.1) is 0 Å². The van der Waals surface area contributed by atoms with Crippen molar-refractivity contribution in [3.05, 3.63) is 29.6 Å². The maximum absolute atomic E-state index is 13.1. The van der Waals surface area contributed by atoms with E-state index < -0.39 is 11.8 Å². The van der Waals surface area contributed by atoms with E-state index in [0.717, 1.165) is 18.7 Å². The summed E-state index contributed by atoms with van der Waals surface area (Å²) in [6, 6.07) is 3.64. The van der Waals surface area contributed by atoms with E-state index in [2.05, 4.69) is 4.90 Å². The first-order valence-electron chi connectivity index (χ1n) is 6.08. The zero-order valence-electron chi connectivity index (χ0n) is 10.8. The lowest BCUT2D eigenvalue weighted by atomic mass is 10.2. The molecular formula is C13H17FN2O3. The van der Waals surface area contributed by atoms with E-state index in [0.29, 0.717) is 13.2 Å². The Morgan fingerprint density at radius 2 is 2.37 bits per heavy atom. The van der Waals surface area contributed by atoms with Crippen LogP contribution in [0.3, 0.4) is 0 Å². The van der Waals surface area contributed by atoms with Crippen molar-refractivity contribution in [1.29, 1.82) is 0 Å². The number of esters is 1. The minimum absolute atomic E-state index is 0.113. The minimum Gasteiger partial charge on any atom is -0.459 e. The Morgan fingerprint density at radius 1 is 1.58 bits per heavy atom. The van der Waals surface area contributed by atoms with Crippen molar-refractivity contribution in [2.45, 2.75) is 6.10 Å². The number of halogens is 1. The number of hydrogen-bond acceptors (Lipinski definition) is 5. The normalized spacial score (nSPS) is 20.2. The molecule has 19 heavy (non-hydrogen) atoms. The quantitative estimate of drug-likeness (QED) is 0.651. The highest BCUT2D eigenvalue weighted by atomic mass is 19.1. The van der Waals surface area contributed by atoms with Crippen LogP contribution in [-0.4, -0.2) is 50.3 Å². The number of anilines is 1. The van der Waals surface area contributed by atoms with E-state index in [1.54, 1.807) is 0 Å². The monoisotopic (exact) mass is 268 g/mol. The maximum atomic E-state index is 13.1. The molecule has 0 amide bonds. The summed E-state index contributed by atoms with van der Waals surface area (Å²) in [4.78, 5) is 13.9. The van der Waals surface area contributed by atoms with Crippen molar-refractivity contribution >= 4 is 11.7 Å². The van der Waals surface area contributed by atoms with Gasteiger partial charge in [-0.1, -0.05) is 0 Å². The highest BCUT2D eigenvalue weighted by Crippen LogP contribution is 2.12. The van der Waals surface area contributed by atoms with Gasteiger partial charge in [0.05, 0.1) is 12.2 Å². The molecule has 0 saturated carbocycles. The van der Waals surface area contributed by atoms with Crippen LogP contribution in [0.1, 0.15) is 10.4 Å². The van der Waals surface area contributed by atoms with Crippen LogP contribution < -0.4 is 5.73 Å². The molecule has 0 aromatic heterocycles. The molecule has 1 aliphatic rings. The van der Waals surface area contributed by atoms with Gasteiger partial charge in [-0.05, 0) is 25.2 Å². The van der Waals surface area contributed by atoms with E-state index >= 15 is 0 Å². The maximum Gasteiger partial charge on any atom is 0.338 e. The average molecular weight is 268 g/mol. The Labute approximate surface area is 111 Å². The summed E-state index contributed by atoms with van der Waals surface area (Å²) in [5.41, 5.74) is 5.78. The second-order valence-corrected chi connectivity index (χ2v) is 4.63. The Bertz CT molecular complexity index is 447. The predicted molar refractivity (Wildman–Crippen MR) is 68.3 cm³/mol. The molecule has 2 N–H and O–H groups in total. The summed E-state index contributed by atoms with van der Waals surface area (Å²) in [6.07, 6.45) is -0.145. The number of nitrogens with two attached hydrogens (primary N) is 1. The van der Waals surface area contributed by atoms with Crippen LogP contribution in [0.15, 0.2) is 18.2 Å². The topological polar surface area (TPSA) is 64.8 Å². The summed E-state index contributed by atoms with van der Waals surface area (Å²) < 4.78 is 23.7. The van der Waals surface area contributed by atoms with Crippen molar-refractivity contribution in [3.63, 3.8) is 0 Å². The number of benzene rings is 1. The Balaban J connectivity index is 1.90. The molecule has 2 rings (SSSR count). The van der Waals surface area contributed by atoms with Gasteiger partial charge in [0, 0.05) is 18.8 Å². The molecule has 1 aliphatic heterocycles. The molecule has 1 unspecified atom stereocenters.